The first-order valence-corrected chi connectivity index (χ1v) is 6.54. The molecule has 0 spiro atoms. The molecule has 7 nitrogen and oxygen atoms in total. The molecule has 8 heteroatoms. The largest absolute Gasteiger partial charge is 0.489 e. The van der Waals surface area contributed by atoms with Crippen LogP contribution in [0.4, 0.5) is 11.4 Å². The molecular weight excluding hydrogens is 312 g/mol. The number of carbonyl (C=O) groups excluding carboxylic acids is 1. The van der Waals surface area contributed by atoms with E-state index in [1.165, 1.54) is 19.2 Å². The average molecular weight is 323 g/mol. The van der Waals surface area contributed by atoms with Gasteiger partial charge in [0.25, 0.3) is 0 Å². The van der Waals surface area contributed by atoms with Gasteiger partial charge in [0.2, 0.25) is 5.78 Å². The average Bonchev–Trinajstić information content (AvgIpc) is 2.54. The quantitative estimate of drug-likeness (QED) is 0.586. The molecule has 1 aliphatic rings. The smallest absolute Gasteiger partial charge is 0.211 e. The Morgan fingerprint density at radius 1 is 1.14 bits per heavy atom. The van der Waals surface area contributed by atoms with Crippen molar-refractivity contribution in [2.24, 2.45) is 10.4 Å². The normalized spacial score (nSPS) is 13.9. The van der Waals surface area contributed by atoms with Gasteiger partial charge in [0, 0.05) is 18.2 Å². The fraction of sp³-hybridized carbons (Fsp3) is 0.214. The van der Waals surface area contributed by atoms with Gasteiger partial charge in [-0.2, -0.15) is 0 Å². The summed E-state index contributed by atoms with van der Waals surface area (Å²) < 4.78 is 10.2. The lowest BCUT2D eigenvalue weighted by Crippen LogP contribution is -2.16. The first-order chi connectivity index (χ1) is 10.6. The number of Topliss-reactive ketones (excluding diaryl/α,β-unsaturated/α-hetero) is 1. The van der Waals surface area contributed by atoms with Gasteiger partial charge in [0.15, 0.2) is 0 Å². The Kier molecular flexibility index (Phi) is 4.79. The number of rotatable bonds is 6. The van der Waals surface area contributed by atoms with E-state index in [0.29, 0.717) is 0 Å². The van der Waals surface area contributed by atoms with Gasteiger partial charge in [-0.05, 0) is 22.5 Å². The molecule has 0 amide bonds. The summed E-state index contributed by atoms with van der Waals surface area (Å²) in [5, 5.41) is 5.39. The Labute approximate surface area is 130 Å². The van der Waals surface area contributed by atoms with Crippen LogP contribution in [0.15, 0.2) is 39.9 Å². The minimum Gasteiger partial charge on any atom is -0.489 e. The molecule has 2 rings (SSSR count). The maximum Gasteiger partial charge on any atom is 0.211 e. The van der Waals surface area contributed by atoms with Gasteiger partial charge in [0.05, 0.1) is 12.2 Å². The fourth-order valence-electron chi connectivity index (χ4n) is 2.10. The number of ketones is 1. The minimum absolute atomic E-state index is 0.0316. The van der Waals surface area contributed by atoms with E-state index in [1.54, 1.807) is 0 Å². The summed E-state index contributed by atoms with van der Waals surface area (Å²) in [6.07, 6.45) is 0. The molecule has 0 unspecified atom stereocenters. The topological polar surface area (TPSA) is 94.4 Å². The van der Waals surface area contributed by atoms with E-state index in [0.717, 1.165) is 0 Å². The van der Waals surface area contributed by atoms with Crippen LogP contribution in [-0.2, 0) is 9.47 Å². The standard InChI is InChI=1S/C14H11ClN2O5/c1-7-10-8(16-19)3-4-9(17-20)11(10)13(18)12(15)14(7)22-6-5-21-2/h3-4H,1,5-6H2,2H3. The second-order valence-corrected chi connectivity index (χ2v) is 4.71. The van der Waals surface area contributed by atoms with E-state index in [1.807, 2.05) is 0 Å². The second kappa shape index (κ2) is 6.59. The van der Waals surface area contributed by atoms with Crippen molar-refractivity contribution in [2.75, 3.05) is 20.3 Å². The van der Waals surface area contributed by atoms with E-state index in [4.69, 9.17) is 21.1 Å². The number of hydrogen-bond acceptors (Lipinski definition) is 7. The molecule has 0 saturated carbocycles. The van der Waals surface area contributed by atoms with Crippen molar-refractivity contribution in [1.82, 2.24) is 0 Å². The Hall–Kier alpha value is -2.38. The van der Waals surface area contributed by atoms with Gasteiger partial charge in [0.1, 0.15) is 28.8 Å². The van der Waals surface area contributed by atoms with Crippen LogP contribution in [0.25, 0.3) is 5.57 Å². The summed E-state index contributed by atoms with van der Waals surface area (Å²) >= 11 is 6.01. The Bertz CT molecular complexity index is 711. The molecule has 0 aromatic heterocycles. The van der Waals surface area contributed by atoms with Crippen molar-refractivity contribution in [3.8, 4) is 0 Å². The van der Waals surface area contributed by atoms with E-state index >= 15 is 0 Å². The molecule has 22 heavy (non-hydrogen) atoms. The molecule has 0 atom stereocenters. The van der Waals surface area contributed by atoms with Gasteiger partial charge in [-0.15, -0.1) is 9.81 Å². The van der Waals surface area contributed by atoms with Crippen molar-refractivity contribution >= 4 is 34.3 Å². The van der Waals surface area contributed by atoms with Crippen molar-refractivity contribution in [3.05, 3.63) is 50.4 Å². The summed E-state index contributed by atoms with van der Waals surface area (Å²) in [7, 11) is 1.49. The Balaban J connectivity index is 2.60. The van der Waals surface area contributed by atoms with Gasteiger partial charge in [-0.25, -0.2) is 0 Å². The van der Waals surface area contributed by atoms with Crippen molar-refractivity contribution in [3.63, 3.8) is 0 Å². The minimum atomic E-state index is -0.670. The zero-order valence-corrected chi connectivity index (χ0v) is 12.3. The summed E-state index contributed by atoms with van der Waals surface area (Å²) in [5.41, 5.74) is 0.0197. The maximum absolute atomic E-state index is 12.4. The highest BCUT2D eigenvalue weighted by atomic mass is 35.5. The number of methoxy groups -OCH3 is 1. The zero-order valence-electron chi connectivity index (χ0n) is 11.6. The van der Waals surface area contributed by atoms with Crippen LogP contribution in [0.3, 0.4) is 0 Å². The van der Waals surface area contributed by atoms with Gasteiger partial charge >= 0.3 is 0 Å². The molecular formula is C14H11ClN2O5. The summed E-state index contributed by atoms with van der Waals surface area (Å²) in [5.74, 6) is -0.638. The highest BCUT2D eigenvalue weighted by Crippen LogP contribution is 2.44. The van der Waals surface area contributed by atoms with Crippen LogP contribution in [0.5, 0.6) is 0 Å². The van der Waals surface area contributed by atoms with Crippen LogP contribution >= 0.6 is 11.6 Å². The molecule has 0 heterocycles. The zero-order chi connectivity index (χ0) is 16.3. The number of nitrogens with zero attached hydrogens (tertiary/aromatic N) is 2. The van der Waals surface area contributed by atoms with Crippen molar-refractivity contribution in [2.45, 2.75) is 0 Å². The predicted molar refractivity (Wildman–Crippen MR) is 81.4 cm³/mol. The SMILES string of the molecule is C=C1C(OCCOC)=C(Cl)C(=O)c2c(N=O)ccc(N=O)c21. The first kappa shape index (κ1) is 16.0. The number of ether oxygens (including phenoxy) is 2. The number of hydrogen-bond donors (Lipinski definition) is 0. The molecule has 0 fully saturated rings. The first-order valence-electron chi connectivity index (χ1n) is 6.16. The molecule has 0 saturated heterocycles. The molecule has 1 aliphatic carbocycles. The highest BCUT2D eigenvalue weighted by molar-refractivity contribution is 6.48. The maximum atomic E-state index is 12.4. The highest BCUT2D eigenvalue weighted by Gasteiger charge is 2.34. The lowest BCUT2D eigenvalue weighted by molar-refractivity contribution is 0.100. The summed E-state index contributed by atoms with van der Waals surface area (Å²) in [6, 6.07) is 2.52. The van der Waals surface area contributed by atoms with Crippen molar-refractivity contribution in [1.29, 1.82) is 0 Å². The molecule has 0 N–H and O–H groups in total. The van der Waals surface area contributed by atoms with Crippen LogP contribution in [0.2, 0.25) is 0 Å². The van der Waals surface area contributed by atoms with Crippen molar-refractivity contribution < 1.29 is 14.3 Å². The van der Waals surface area contributed by atoms with E-state index in [2.05, 4.69) is 16.9 Å². The molecule has 0 aliphatic heterocycles. The molecule has 0 radical (unpaired) electrons. The van der Waals surface area contributed by atoms with Crippen LogP contribution in [0, 0.1) is 9.81 Å². The molecule has 1 aromatic carbocycles. The van der Waals surface area contributed by atoms with Crippen LogP contribution in [0.1, 0.15) is 15.9 Å². The molecule has 0 bridgehead atoms. The van der Waals surface area contributed by atoms with Gasteiger partial charge in [-0.1, -0.05) is 18.2 Å². The summed E-state index contributed by atoms with van der Waals surface area (Å²) in [6.45, 7) is 4.19. The Morgan fingerprint density at radius 3 is 2.27 bits per heavy atom. The monoisotopic (exact) mass is 322 g/mol. The van der Waals surface area contributed by atoms with E-state index in [-0.39, 0.29) is 52.1 Å². The third-order valence-corrected chi connectivity index (χ3v) is 3.44. The number of nitroso groups, excluding NO2 is 2. The molecule has 114 valence electrons. The fourth-order valence-corrected chi connectivity index (χ4v) is 2.37. The lowest BCUT2D eigenvalue weighted by Gasteiger charge is -2.22. The van der Waals surface area contributed by atoms with Gasteiger partial charge < -0.3 is 9.47 Å². The third-order valence-electron chi connectivity index (χ3n) is 3.09. The molecule has 1 aromatic rings. The number of halogens is 1. The third kappa shape index (κ3) is 2.56. The number of allylic oxidation sites excluding steroid dienone is 2. The van der Waals surface area contributed by atoms with Crippen LogP contribution < -0.4 is 0 Å². The number of fused-ring (bicyclic) bond motifs is 1. The van der Waals surface area contributed by atoms with E-state index in [9.17, 15) is 14.6 Å². The van der Waals surface area contributed by atoms with E-state index < -0.39 is 5.78 Å². The number of carbonyl (C=O) groups is 1. The second-order valence-electron chi connectivity index (χ2n) is 4.33. The summed E-state index contributed by atoms with van der Waals surface area (Å²) in [4.78, 5) is 34.2. The lowest BCUT2D eigenvalue weighted by atomic mass is 9.88. The predicted octanol–water partition coefficient (Wildman–Crippen LogP) is 3.81. The Morgan fingerprint density at radius 2 is 1.73 bits per heavy atom. The van der Waals surface area contributed by atoms with Crippen LogP contribution in [-0.4, -0.2) is 26.1 Å². The number of benzene rings is 1. The van der Waals surface area contributed by atoms with Gasteiger partial charge in [-0.3, -0.25) is 4.79 Å².